The molecule has 1 heterocycles. The van der Waals surface area contributed by atoms with Crippen molar-refractivity contribution >= 4 is 17.1 Å². The second-order valence-corrected chi connectivity index (χ2v) is 5.06. The van der Waals surface area contributed by atoms with Crippen molar-refractivity contribution in [1.82, 2.24) is 5.32 Å². The predicted molar refractivity (Wildman–Crippen MR) is 63.5 cm³/mol. The first-order chi connectivity index (χ1) is 7.36. The van der Waals surface area contributed by atoms with Gasteiger partial charge >= 0.3 is 0 Å². The molecule has 15 heavy (non-hydrogen) atoms. The van der Waals surface area contributed by atoms with E-state index in [4.69, 9.17) is 0 Å². The van der Waals surface area contributed by atoms with Gasteiger partial charge in [0, 0.05) is 6.04 Å². The van der Waals surface area contributed by atoms with Gasteiger partial charge in [-0.2, -0.15) is 0 Å². The van der Waals surface area contributed by atoms with Gasteiger partial charge in [0.15, 0.2) is 5.78 Å². The molecule has 0 aromatic carbocycles. The fourth-order valence-electron chi connectivity index (χ4n) is 2.07. The molecule has 0 bridgehead atoms. The quantitative estimate of drug-likeness (QED) is 0.795. The largest absolute Gasteiger partial charge is 0.307 e. The summed E-state index contributed by atoms with van der Waals surface area (Å²) >= 11 is 1.53. The van der Waals surface area contributed by atoms with Gasteiger partial charge in [0.2, 0.25) is 0 Å². The molecule has 1 saturated carbocycles. The van der Waals surface area contributed by atoms with Crippen LogP contribution >= 0.6 is 11.3 Å². The van der Waals surface area contributed by atoms with Crippen LogP contribution in [0, 0.1) is 0 Å². The van der Waals surface area contributed by atoms with Gasteiger partial charge in [-0.15, -0.1) is 11.3 Å². The highest BCUT2D eigenvalue weighted by Gasteiger charge is 2.14. The lowest BCUT2D eigenvalue weighted by molar-refractivity contribution is 0.0988. The molecule has 0 spiro atoms. The van der Waals surface area contributed by atoms with E-state index in [1.165, 1.54) is 43.4 Å². The van der Waals surface area contributed by atoms with Gasteiger partial charge in [0.05, 0.1) is 11.4 Å². The average molecular weight is 223 g/mol. The predicted octanol–water partition coefficient (Wildman–Crippen LogP) is 2.85. The summed E-state index contributed by atoms with van der Waals surface area (Å²) in [5.41, 5.74) is 0. The van der Waals surface area contributed by atoms with Gasteiger partial charge in [-0.25, -0.2) is 0 Å². The minimum absolute atomic E-state index is 0.232. The van der Waals surface area contributed by atoms with Crippen LogP contribution in [-0.4, -0.2) is 18.4 Å². The van der Waals surface area contributed by atoms with Gasteiger partial charge in [0.25, 0.3) is 0 Å². The lowest BCUT2D eigenvalue weighted by atomic mass is 9.95. The molecule has 0 aliphatic heterocycles. The minimum atomic E-state index is 0.232. The van der Waals surface area contributed by atoms with Crippen LogP contribution in [0.4, 0.5) is 0 Å². The van der Waals surface area contributed by atoms with Crippen molar-refractivity contribution in [3.63, 3.8) is 0 Å². The lowest BCUT2D eigenvalue weighted by Crippen LogP contribution is -2.34. The Bertz CT molecular complexity index is 301. The molecule has 1 aromatic heterocycles. The summed E-state index contributed by atoms with van der Waals surface area (Å²) in [6.07, 6.45) is 6.45. The van der Waals surface area contributed by atoms with Crippen LogP contribution in [0.2, 0.25) is 0 Å². The third-order valence-electron chi connectivity index (χ3n) is 2.95. The summed E-state index contributed by atoms with van der Waals surface area (Å²) in [6.45, 7) is 0.505. The Hall–Kier alpha value is -0.670. The number of hydrogen-bond acceptors (Lipinski definition) is 3. The van der Waals surface area contributed by atoms with E-state index in [1.807, 2.05) is 17.5 Å². The Morgan fingerprint density at radius 1 is 1.40 bits per heavy atom. The maximum Gasteiger partial charge on any atom is 0.186 e. The summed E-state index contributed by atoms with van der Waals surface area (Å²) in [5, 5.41) is 5.32. The molecular formula is C12H17NOS. The topological polar surface area (TPSA) is 29.1 Å². The first kappa shape index (κ1) is 10.8. The van der Waals surface area contributed by atoms with Crippen LogP contribution in [0.1, 0.15) is 41.8 Å². The normalized spacial score (nSPS) is 17.9. The molecule has 0 atom stereocenters. The van der Waals surface area contributed by atoms with E-state index in [0.29, 0.717) is 12.6 Å². The molecule has 1 fully saturated rings. The number of nitrogens with one attached hydrogen (secondary N) is 1. The summed E-state index contributed by atoms with van der Waals surface area (Å²) in [6, 6.07) is 4.40. The lowest BCUT2D eigenvalue weighted by Gasteiger charge is -2.22. The summed E-state index contributed by atoms with van der Waals surface area (Å²) < 4.78 is 0. The van der Waals surface area contributed by atoms with Crippen LogP contribution < -0.4 is 5.32 Å². The molecule has 0 saturated heterocycles. The van der Waals surface area contributed by atoms with Gasteiger partial charge in [-0.05, 0) is 24.3 Å². The second-order valence-electron chi connectivity index (χ2n) is 4.12. The fourth-order valence-corrected chi connectivity index (χ4v) is 2.73. The number of rotatable bonds is 4. The summed E-state index contributed by atoms with van der Waals surface area (Å²) in [4.78, 5) is 12.6. The minimum Gasteiger partial charge on any atom is -0.307 e. The van der Waals surface area contributed by atoms with Gasteiger partial charge < -0.3 is 5.32 Å². The zero-order chi connectivity index (χ0) is 10.5. The zero-order valence-electron chi connectivity index (χ0n) is 8.87. The van der Waals surface area contributed by atoms with Gasteiger partial charge in [0.1, 0.15) is 0 Å². The smallest absolute Gasteiger partial charge is 0.186 e. The summed E-state index contributed by atoms with van der Waals surface area (Å²) in [7, 11) is 0. The second kappa shape index (κ2) is 5.42. The molecule has 0 radical (unpaired) electrons. The monoisotopic (exact) mass is 223 g/mol. The van der Waals surface area contributed by atoms with Crippen LogP contribution in [0.15, 0.2) is 17.5 Å². The molecule has 82 valence electrons. The molecule has 1 aliphatic rings. The highest BCUT2D eigenvalue weighted by molar-refractivity contribution is 7.12. The Kier molecular flexibility index (Phi) is 3.92. The van der Waals surface area contributed by atoms with E-state index in [-0.39, 0.29) is 5.78 Å². The van der Waals surface area contributed by atoms with Crippen molar-refractivity contribution in [1.29, 1.82) is 0 Å². The van der Waals surface area contributed by atoms with Crippen LogP contribution in [-0.2, 0) is 0 Å². The molecule has 2 nitrogen and oxygen atoms in total. The van der Waals surface area contributed by atoms with E-state index < -0.39 is 0 Å². The first-order valence-electron chi connectivity index (χ1n) is 5.66. The van der Waals surface area contributed by atoms with E-state index in [2.05, 4.69) is 5.32 Å². The number of Topliss-reactive ketones (excluding diaryl/α,β-unsaturated/α-hetero) is 1. The molecular weight excluding hydrogens is 206 g/mol. The van der Waals surface area contributed by atoms with E-state index in [0.717, 1.165) is 4.88 Å². The van der Waals surface area contributed by atoms with Crippen LogP contribution in [0.25, 0.3) is 0 Å². The third-order valence-corrected chi connectivity index (χ3v) is 3.86. The van der Waals surface area contributed by atoms with Crippen molar-refractivity contribution in [2.45, 2.75) is 38.1 Å². The van der Waals surface area contributed by atoms with Crippen molar-refractivity contribution < 1.29 is 4.79 Å². The molecule has 0 unspecified atom stereocenters. The van der Waals surface area contributed by atoms with Crippen molar-refractivity contribution in [3.8, 4) is 0 Å². The molecule has 1 aromatic rings. The highest BCUT2D eigenvalue weighted by atomic mass is 32.1. The number of ketones is 1. The standard InChI is InChI=1S/C12H17NOS/c14-11(12-7-4-8-15-12)9-13-10-5-2-1-3-6-10/h4,7-8,10,13H,1-3,5-6,9H2. The third kappa shape index (κ3) is 3.14. The molecule has 3 heteroatoms. The molecule has 1 N–H and O–H groups in total. The van der Waals surface area contributed by atoms with Crippen molar-refractivity contribution in [2.75, 3.05) is 6.54 Å². The number of carbonyl (C=O) groups excluding carboxylic acids is 1. The Morgan fingerprint density at radius 2 is 2.20 bits per heavy atom. The van der Waals surface area contributed by atoms with Gasteiger partial charge in [-0.1, -0.05) is 25.3 Å². The maximum absolute atomic E-state index is 11.7. The van der Waals surface area contributed by atoms with Crippen molar-refractivity contribution in [2.24, 2.45) is 0 Å². The van der Waals surface area contributed by atoms with Crippen LogP contribution in [0.5, 0.6) is 0 Å². The van der Waals surface area contributed by atoms with Crippen LogP contribution in [0.3, 0.4) is 0 Å². The first-order valence-corrected chi connectivity index (χ1v) is 6.54. The SMILES string of the molecule is O=C(CNC1CCCCC1)c1cccs1. The van der Waals surface area contributed by atoms with E-state index >= 15 is 0 Å². The number of carbonyl (C=O) groups is 1. The Labute approximate surface area is 94.7 Å². The zero-order valence-corrected chi connectivity index (χ0v) is 9.69. The van der Waals surface area contributed by atoms with Gasteiger partial charge in [-0.3, -0.25) is 4.79 Å². The average Bonchev–Trinajstić information content (AvgIpc) is 2.81. The molecule has 0 amide bonds. The van der Waals surface area contributed by atoms with Crippen molar-refractivity contribution in [3.05, 3.63) is 22.4 Å². The number of hydrogen-bond donors (Lipinski definition) is 1. The van der Waals surface area contributed by atoms with E-state index in [1.54, 1.807) is 0 Å². The highest BCUT2D eigenvalue weighted by Crippen LogP contribution is 2.17. The summed E-state index contributed by atoms with van der Waals surface area (Å²) in [5.74, 6) is 0.232. The molecule has 1 aliphatic carbocycles. The fraction of sp³-hybridized carbons (Fsp3) is 0.583. The maximum atomic E-state index is 11.7. The number of thiophene rings is 1. The molecule has 2 rings (SSSR count). The Morgan fingerprint density at radius 3 is 2.87 bits per heavy atom. The van der Waals surface area contributed by atoms with E-state index in [9.17, 15) is 4.79 Å². The Balaban J connectivity index is 1.75.